The summed E-state index contributed by atoms with van der Waals surface area (Å²) in [5, 5.41) is 14.1. The van der Waals surface area contributed by atoms with Crippen LogP contribution in [0.25, 0.3) is 0 Å². The van der Waals surface area contributed by atoms with Gasteiger partial charge in [-0.2, -0.15) is 0 Å². The fourth-order valence-corrected chi connectivity index (χ4v) is 2.09. The SMILES string of the molecule is COc1ccc(NC(=O)COc2ccc(Cl)c(Cl)c2)c([N+](=O)[O-])c1. The van der Waals surface area contributed by atoms with Crippen LogP contribution >= 0.6 is 23.2 Å². The number of carbonyl (C=O) groups is 1. The van der Waals surface area contributed by atoms with E-state index in [4.69, 9.17) is 32.7 Å². The van der Waals surface area contributed by atoms with Gasteiger partial charge >= 0.3 is 0 Å². The van der Waals surface area contributed by atoms with Crippen LogP contribution in [0.4, 0.5) is 11.4 Å². The van der Waals surface area contributed by atoms with E-state index in [2.05, 4.69) is 5.32 Å². The number of benzene rings is 2. The second kappa shape index (κ2) is 7.85. The summed E-state index contributed by atoms with van der Waals surface area (Å²) >= 11 is 11.6. The Morgan fingerprint density at radius 3 is 2.50 bits per heavy atom. The second-order valence-corrected chi connectivity index (χ2v) is 5.37. The highest BCUT2D eigenvalue weighted by molar-refractivity contribution is 6.42. The number of halogens is 2. The molecule has 0 radical (unpaired) electrons. The number of nitro benzene ring substituents is 1. The number of carbonyl (C=O) groups excluding carboxylic acids is 1. The van der Waals surface area contributed by atoms with Crippen LogP contribution in [0, 0.1) is 10.1 Å². The summed E-state index contributed by atoms with van der Waals surface area (Å²) in [6.07, 6.45) is 0. The molecule has 0 heterocycles. The Bertz CT molecular complexity index is 782. The predicted octanol–water partition coefficient (Wildman–Crippen LogP) is 3.93. The zero-order valence-corrected chi connectivity index (χ0v) is 13.9. The monoisotopic (exact) mass is 370 g/mol. The average Bonchev–Trinajstić information content (AvgIpc) is 2.56. The standard InChI is InChI=1S/C15H12Cl2N2O5/c1-23-9-3-5-13(14(7-9)19(21)22)18-15(20)8-24-10-2-4-11(16)12(17)6-10/h2-7H,8H2,1H3,(H,18,20). The maximum Gasteiger partial charge on any atom is 0.296 e. The van der Waals surface area contributed by atoms with E-state index in [-0.39, 0.29) is 18.0 Å². The summed E-state index contributed by atoms with van der Waals surface area (Å²) in [6, 6.07) is 8.65. The lowest BCUT2D eigenvalue weighted by atomic mass is 10.2. The molecule has 0 fully saturated rings. The number of nitrogens with zero attached hydrogens (tertiary/aromatic N) is 1. The van der Waals surface area contributed by atoms with E-state index in [0.717, 1.165) is 0 Å². The van der Waals surface area contributed by atoms with Gasteiger partial charge < -0.3 is 14.8 Å². The highest BCUT2D eigenvalue weighted by Crippen LogP contribution is 2.29. The summed E-state index contributed by atoms with van der Waals surface area (Å²) in [4.78, 5) is 22.4. The molecule has 2 rings (SSSR count). The minimum Gasteiger partial charge on any atom is -0.496 e. The number of methoxy groups -OCH3 is 1. The van der Waals surface area contributed by atoms with Crippen molar-refractivity contribution >= 4 is 40.5 Å². The van der Waals surface area contributed by atoms with Crippen molar-refractivity contribution in [3.8, 4) is 11.5 Å². The van der Waals surface area contributed by atoms with Gasteiger partial charge in [0.1, 0.15) is 17.2 Å². The summed E-state index contributed by atoms with van der Waals surface area (Å²) in [6.45, 7) is -0.346. The minimum absolute atomic E-state index is 0.0449. The molecule has 0 aromatic heterocycles. The van der Waals surface area contributed by atoms with Gasteiger partial charge in [-0.1, -0.05) is 23.2 Å². The molecular weight excluding hydrogens is 359 g/mol. The minimum atomic E-state index is -0.613. The molecule has 0 aliphatic rings. The number of amides is 1. The van der Waals surface area contributed by atoms with Crippen molar-refractivity contribution in [1.82, 2.24) is 0 Å². The van der Waals surface area contributed by atoms with Gasteiger partial charge in [0.15, 0.2) is 6.61 Å². The molecule has 24 heavy (non-hydrogen) atoms. The zero-order valence-electron chi connectivity index (χ0n) is 12.4. The molecule has 2 aromatic rings. The first-order valence-corrected chi connectivity index (χ1v) is 7.36. The lowest BCUT2D eigenvalue weighted by Gasteiger charge is -2.09. The number of anilines is 1. The van der Waals surface area contributed by atoms with E-state index in [1.807, 2.05) is 0 Å². The third-order valence-electron chi connectivity index (χ3n) is 2.94. The van der Waals surface area contributed by atoms with Gasteiger partial charge in [-0.25, -0.2) is 0 Å². The number of hydrogen-bond acceptors (Lipinski definition) is 5. The van der Waals surface area contributed by atoms with E-state index in [1.54, 1.807) is 6.07 Å². The van der Waals surface area contributed by atoms with E-state index >= 15 is 0 Å². The smallest absolute Gasteiger partial charge is 0.296 e. The fraction of sp³-hybridized carbons (Fsp3) is 0.133. The van der Waals surface area contributed by atoms with Crippen LogP contribution in [0.2, 0.25) is 10.0 Å². The van der Waals surface area contributed by atoms with Crippen molar-refractivity contribution in [2.45, 2.75) is 0 Å². The summed E-state index contributed by atoms with van der Waals surface area (Å²) in [5.41, 5.74) is -0.235. The van der Waals surface area contributed by atoms with Crippen molar-refractivity contribution in [3.63, 3.8) is 0 Å². The quantitative estimate of drug-likeness (QED) is 0.614. The van der Waals surface area contributed by atoms with Gasteiger partial charge in [0.2, 0.25) is 0 Å². The highest BCUT2D eigenvalue weighted by atomic mass is 35.5. The lowest BCUT2D eigenvalue weighted by Crippen LogP contribution is -2.20. The summed E-state index contributed by atoms with van der Waals surface area (Å²) < 4.78 is 10.2. The highest BCUT2D eigenvalue weighted by Gasteiger charge is 2.17. The normalized spacial score (nSPS) is 10.1. The average molecular weight is 371 g/mol. The molecule has 1 amide bonds. The van der Waals surface area contributed by atoms with Gasteiger partial charge in [0.05, 0.1) is 28.1 Å². The third-order valence-corrected chi connectivity index (χ3v) is 3.68. The molecule has 0 aliphatic carbocycles. The van der Waals surface area contributed by atoms with Crippen LogP contribution in [0.5, 0.6) is 11.5 Å². The van der Waals surface area contributed by atoms with E-state index in [9.17, 15) is 14.9 Å². The molecule has 0 spiro atoms. The summed E-state index contributed by atoms with van der Waals surface area (Å²) in [5.74, 6) is 0.102. The number of ether oxygens (including phenoxy) is 2. The van der Waals surface area contributed by atoms with Gasteiger partial charge in [0.25, 0.3) is 11.6 Å². The fourth-order valence-electron chi connectivity index (χ4n) is 1.80. The molecule has 0 saturated heterocycles. The Balaban J connectivity index is 2.04. The molecule has 0 bridgehead atoms. The van der Waals surface area contributed by atoms with Gasteiger partial charge in [0, 0.05) is 6.07 Å². The lowest BCUT2D eigenvalue weighted by molar-refractivity contribution is -0.384. The number of nitrogens with one attached hydrogen (secondary N) is 1. The number of nitro groups is 1. The van der Waals surface area contributed by atoms with Crippen LogP contribution in [0.1, 0.15) is 0 Å². The molecule has 0 atom stereocenters. The summed E-state index contributed by atoms with van der Waals surface area (Å²) in [7, 11) is 1.39. The molecular formula is C15H12Cl2N2O5. The first kappa shape index (κ1) is 17.8. The molecule has 1 N–H and O–H groups in total. The maximum atomic E-state index is 11.9. The van der Waals surface area contributed by atoms with Gasteiger partial charge in [-0.15, -0.1) is 0 Å². The van der Waals surface area contributed by atoms with Gasteiger partial charge in [-0.05, 0) is 24.3 Å². The third kappa shape index (κ3) is 4.50. The number of hydrogen-bond donors (Lipinski definition) is 1. The van der Waals surface area contributed by atoms with Crippen LogP contribution < -0.4 is 14.8 Å². The Hall–Kier alpha value is -2.51. The van der Waals surface area contributed by atoms with E-state index in [1.165, 1.54) is 37.4 Å². The van der Waals surface area contributed by atoms with Crippen molar-refractivity contribution in [1.29, 1.82) is 0 Å². The van der Waals surface area contributed by atoms with E-state index in [0.29, 0.717) is 21.5 Å². The Labute approximate surface area is 147 Å². The first-order chi connectivity index (χ1) is 11.4. The molecule has 0 aliphatic heterocycles. The molecule has 7 nitrogen and oxygen atoms in total. The van der Waals surface area contributed by atoms with Crippen LogP contribution in [-0.2, 0) is 4.79 Å². The Morgan fingerprint density at radius 1 is 1.17 bits per heavy atom. The Kier molecular flexibility index (Phi) is 5.83. The van der Waals surface area contributed by atoms with Crippen molar-refractivity contribution < 1.29 is 19.2 Å². The largest absolute Gasteiger partial charge is 0.496 e. The first-order valence-electron chi connectivity index (χ1n) is 6.61. The molecule has 0 saturated carbocycles. The van der Waals surface area contributed by atoms with Crippen LogP contribution in [0.15, 0.2) is 36.4 Å². The predicted molar refractivity (Wildman–Crippen MR) is 90.2 cm³/mol. The zero-order chi connectivity index (χ0) is 17.7. The maximum absolute atomic E-state index is 11.9. The second-order valence-electron chi connectivity index (χ2n) is 4.55. The molecule has 9 heteroatoms. The van der Waals surface area contributed by atoms with Gasteiger partial charge in [-0.3, -0.25) is 14.9 Å². The van der Waals surface area contributed by atoms with Crippen molar-refractivity contribution in [3.05, 3.63) is 56.6 Å². The van der Waals surface area contributed by atoms with Crippen molar-refractivity contribution in [2.24, 2.45) is 0 Å². The van der Waals surface area contributed by atoms with Crippen molar-refractivity contribution in [2.75, 3.05) is 19.0 Å². The molecule has 0 unspecified atom stereocenters. The van der Waals surface area contributed by atoms with Crippen LogP contribution in [-0.4, -0.2) is 24.5 Å². The van der Waals surface area contributed by atoms with E-state index < -0.39 is 10.8 Å². The Morgan fingerprint density at radius 2 is 1.88 bits per heavy atom. The number of rotatable bonds is 6. The molecule has 2 aromatic carbocycles. The van der Waals surface area contributed by atoms with Crippen LogP contribution in [0.3, 0.4) is 0 Å². The topological polar surface area (TPSA) is 90.7 Å². The molecule has 126 valence electrons.